The molecule has 0 radical (unpaired) electrons. The molecule has 1 aliphatic rings. The van der Waals surface area contributed by atoms with Gasteiger partial charge in [0.15, 0.2) is 0 Å². The standard InChI is InChI=1S/C19H26N4O2/c1-15-12-22(13-16(2)25-15)19(24)8-9-20-10-17-11-21-23(14-17)18-6-4-3-5-7-18/h3-7,11,14-16,20H,8-10,12-13H2,1-2H3/t15-,16-/m0/s1. The van der Waals surface area contributed by atoms with Crippen LogP contribution in [0.4, 0.5) is 0 Å². The average molecular weight is 342 g/mol. The van der Waals surface area contributed by atoms with Gasteiger partial charge in [-0.1, -0.05) is 18.2 Å². The van der Waals surface area contributed by atoms with E-state index >= 15 is 0 Å². The van der Waals surface area contributed by atoms with Crippen molar-refractivity contribution < 1.29 is 9.53 Å². The normalized spacial score (nSPS) is 20.6. The molecule has 1 amide bonds. The van der Waals surface area contributed by atoms with Gasteiger partial charge in [-0.15, -0.1) is 0 Å². The smallest absolute Gasteiger partial charge is 0.224 e. The second-order valence-corrected chi connectivity index (χ2v) is 6.61. The van der Waals surface area contributed by atoms with Crippen molar-refractivity contribution >= 4 is 5.91 Å². The Bertz CT molecular complexity index is 676. The topological polar surface area (TPSA) is 59.4 Å². The predicted molar refractivity (Wildman–Crippen MR) is 96.5 cm³/mol. The summed E-state index contributed by atoms with van der Waals surface area (Å²) >= 11 is 0. The van der Waals surface area contributed by atoms with Gasteiger partial charge in [0.05, 0.1) is 24.1 Å². The minimum absolute atomic E-state index is 0.115. The van der Waals surface area contributed by atoms with Crippen LogP contribution in [-0.2, 0) is 16.1 Å². The molecule has 1 aromatic carbocycles. The molecule has 1 N–H and O–H groups in total. The molecule has 2 atom stereocenters. The Balaban J connectivity index is 1.41. The third-order valence-electron chi connectivity index (χ3n) is 4.27. The number of amides is 1. The number of carbonyl (C=O) groups is 1. The van der Waals surface area contributed by atoms with Crippen LogP contribution in [0.25, 0.3) is 5.69 Å². The lowest BCUT2D eigenvalue weighted by atomic mass is 10.2. The molecule has 6 heteroatoms. The van der Waals surface area contributed by atoms with Crippen LogP contribution in [0.1, 0.15) is 25.8 Å². The van der Waals surface area contributed by atoms with E-state index in [2.05, 4.69) is 10.4 Å². The quantitative estimate of drug-likeness (QED) is 0.816. The third kappa shape index (κ3) is 4.90. The zero-order valence-corrected chi connectivity index (χ0v) is 14.9. The molecule has 0 saturated carbocycles. The minimum Gasteiger partial charge on any atom is -0.372 e. The van der Waals surface area contributed by atoms with Gasteiger partial charge in [-0.2, -0.15) is 5.10 Å². The van der Waals surface area contributed by atoms with Gasteiger partial charge in [0.1, 0.15) is 0 Å². The molecule has 0 unspecified atom stereocenters. The Morgan fingerprint density at radius 2 is 1.96 bits per heavy atom. The predicted octanol–water partition coefficient (Wildman–Crippen LogP) is 1.99. The number of ether oxygens (including phenoxy) is 1. The highest BCUT2D eigenvalue weighted by atomic mass is 16.5. The maximum atomic E-state index is 12.3. The number of nitrogens with zero attached hydrogens (tertiary/aromatic N) is 3. The fourth-order valence-electron chi connectivity index (χ4n) is 3.14. The number of hydrogen-bond acceptors (Lipinski definition) is 4. The van der Waals surface area contributed by atoms with E-state index in [0.29, 0.717) is 32.6 Å². The Labute approximate surface area is 148 Å². The summed E-state index contributed by atoms with van der Waals surface area (Å²) in [5.74, 6) is 0.189. The van der Waals surface area contributed by atoms with Crippen molar-refractivity contribution in [2.24, 2.45) is 0 Å². The Morgan fingerprint density at radius 1 is 1.24 bits per heavy atom. The molecular formula is C19H26N4O2. The van der Waals surface area contributed by atoms with E-state index in [4.69, 9.17) is 4.74 Å². The van der Waals surface area contributed by atoms with Crippen LogP contribution < -0.4 is 5.32 Å². The number of morpholine rings is 1. The molecule has 1 fully saturated rings. The van der Waals surface area contributed by atoms with Crippen LogP contribution in [0.5, 0.6) is 0 Å². The summed E-state index contributed by atoms with van der Waals surface area (Å²) in [5.41, 5.74) is 2.14. The molecule has 2 heterocycles. The van der Waals surface area contributed by atoms with E-state index in [-0.39, 0.29) is 18.1 Å². The van der Waals surface area contributed by atoms with Gasteiger partial charge in [0.2, 0.25) is 5.91 Å². The van der Waals surface area contributed by atoms with E-state index in [9.17, 15) is 4.79 Å². The van der Waals surface area contributed by atoms with E-state index in [1.165, 1.54) is 0 Å². The molecule has 1 aliphatic heterocycles. The van der Waals surface area contributed by atoms with Crippen molar-refractivity contribution in [1.82, 2.24) is 20.0 Å². The Hall–Kier alpha value is -2.18. The highest BCUT2D eigenvalue weighted by molar-refractivity contribution is 5.76. The second-order valence-electron chi connectivity index (χ2n) is 6.61. The molecular weight excluding hydrogens is 316 g/mol. The van der Waals surface area contributed by atoms with Crippen LogP contribution in [-0.4, -0.2) is 52.4 Å². The molecule has 1 aromatic heterocycles. The van der Waals surface area contributed by atoms with Crippen LogP contribution in [0, 0.1) is 0 Å². The van der Waals surface area contributed by atoms with Crippen LogP contribution in [0.2, 0.25) is 0 Å². The van der Waals surface area contributed by atoms with Crippen molar-refractivity contribution in [3.63, 3.8) is 0 Å². The number of benzene rings is 1. The number of rotatable bonds is 6. The first-order valence-corrected chi connectivity index (χ1v) is 8.85. The Kier molecular flexibility index (Phi) is 5.83. The third-order valence-corrected chi connectivity index (χ3v) is 4.27. The molecule has 25 heavy (non-hydrogen) atoms. The van der Waals surface area contributed by atoms with Crippen molar-refractivity contribution in [2.75, 3.05) is 19.6 Å². The maximum Gasteiger partial charge on any atom is 0.224 e. The van der Waals surface area contributed by atoms with Gasteiger partial charge in [0.25, 0.3) is 0 Å². The number of carbonyl (C=O) groups excluding carboxylic acids is 1. The van der Waals surface area contributed by atoms with Crippen LogP contribution in [0.15, 0.2) is 42.7 Å². The highest BCUT2D eigenvalue weighted by Crippen LogP contribution is 2.11. The first-order valence-electron chi connectivity index (χ1n) is 8.85. The van der Waals surface area contributed by atoms with Crippen molar-refractivity contribution in [3.05, 3.63) is 48.3 Å². The summed E-state index contributed by atoms with van der Waals surface area (Å²) in [6.45, 7) is 6.77. The summed E-state index contributed by atoms with van der Waals surface area (Å²) in [7, 11) is 0. The SMILES string of the molecule is C[C@H]1CN(C(=O)CCNCc2cnn(-c3ccccc3)c2)C[C@H](C)O1. The molecule has 0 spiro atoms. The summed E-state index contributed by atoms with van der Waals surface area (Å²) in [6, 6.07) is 10.0. The molecule has 6 nitrogen and oxygen atoms in total. The molecule has 0 bridgehead atoms. The zero-order chi connectivity index (χ0) is 17.6. The van der Waals surface area contributed by atoms with E-state index in [1.807, 2.05) is 66.2 Å². The lowest BCUT2D eigenvalue weighted by Crippen LogP contribution is -2.48. The first kappa shape index (κ1) is 17.6. The summed E-state index contributed by atoms with van der Waals surface area (Å²) in [6.07, 6.45) is 4.60. The molecule has 1 saturated heterocycles. The molecule has 134 valence electrons. The van der Waals surface area contributed by atoms with E-state index in [0.717, 1.165) is 11.3 Å². The minimum atomic E-state index is 0.115. The second kappa shape index (κ2) is 8.27. The average Bonchev–Trinajstić information content (AvgIpc) is 3.07. The highest BCUT2D eigenvalue weighted by Gasteiger charge is 2.25. The summed E-state index contributed by atoms with van der Waals surface area (Å²) in [4.78, 5) is 14.2. The Morgan fingerprint density at radius 3 is 2.68 bits per heavy atom. The number of nitrogens with one attached hydrogen (secondary N) is 1. The van der Waals surface area contributed by atoms with Gasteiger partial charge in [-0.25, -0.2) is 4.68 Å². The van der Waals surface area contributed by atoms with Gasteiger partial charge >= 0.3 is 0 Å². The van der Waals surface area contributed by atoms with E-state index < -0.39 is 0 Å². The van der Waals surface area contributed by atoms with Gasteiger partial charge < -0.3 is 15.0 Å². The van der Waals surface area contributed by atoms with Gasteiger partial charge in [-0.05, 0) is 26.0 Å². The fourth-order valence-corrected chi connectivity index (χ4v) is 3.14. The van der Waals surface area contributed by atoms with Gasteiger partial charge in [0, 0.05) is 44.4 Å². The van der Waals surface area contributed by atoms with Crippen molar-refractivity contribution in [3.8, 4) is 5.69 Å². The molecule has 0 aliphatic carbocycles. The van der Waals surface area contributed by atoms with Crippen LogP contribution in [0.3, 0.4) is 0 Å². The van der Waals surface area contributed by atoms with Crippen molar-refractivity contribution in [2.45, 2.75) is 39.0 Å². The number of hydrogen-bond donors (Lipinski definition) is 1. The number of aromatic nitrogens is 2. The maximum absolute atomic E-state index is 12.3. The fraction of sp³-hybridized carbons (Fsp3) is 0.474. The summed E-state index contributed by atoms with van der Waals surface area (Å²) in [5, 5.41) is 7.70. The molecule has 3 rings (SSSR count). The molecule has 2 aromatic rings. The summed E-state index contributed by atoms with van der Waals surface area (Å²) < 4.78 is 7.53. The number of para-hydroxylation sites is 1. The van der Waals surface area contributed by atoms with Crippen LogP contribution >= 0.6 is 0 Å². The zero-order valence-electron chi connectivity index (χ0n) is 14.9. The van der Waals surface area contributed by atoms with E-state index in [1.54, 1.807) is 0 Å². The lowest BCUT2D eigenvalue weighted by molar-refractivity contribution is -0.143. The lowest BCUT2D eigenvalue weighted by Gasteiger charge is -2.35. The van der Waals surface area contributed by atoms with Gasteiger partial charge in [-0.3, -0.25) is 4.79 Å². The largest absolute Gasteiger partial charge is 0.372 e. The van der Waals surface area contributed by atoms with Crippen molar-refractivity contribution in [1.29, 1.82) is 0 Å². The first-order chi connectivity index (χ1) is 12.1. The monoisotopic (exact) mass is 342 g/mol.